The van der Waals surface area contributed by atoms with Gasteiger partial charge in [-0.2, -0.15) is 5.10 Å². The first kappa shape index (κ1) is 47.9. The number of piperidine rings is 2. The minimum absolute atomic E-state index is 0.00565. The van der Waals surface area contributed by atoms with Crippen molar-refractivity contribution in [1.82, 2.24) is 39.9 Å². The second kappa shape index (κ2) is 23.0. The highest BCUT2D eigenvalue weighted by atomic mass is 16.6. The number of aromatic nitrogens is 5. The van der Waals surface area contributed by atoms with E-state index in [0.29, 0.717) is 132 Å². The fourth-order valence-electron chi connectivity index (χ4n) is 9.46. The molecule has 4 aliphatic rings. The summed E-state index contributed by atoms with van der Waals surface area (Å²) >= 11 is 0. The van der Waals surface area contributed by atoms with Gasteiger partial charge in [0.05, 0.1) is 71.1 Å². The molecule has 5 aromatic rings. The average Bonchev–Trinajstić information content (AvgIpc) is 4.12. The molecule has 0 radical (unpaired) electrons. The van der Waals surface area contributed by atoms with Crippen LogP contribution in [-0.2, 0) is 36.8 Å². The van der Waals surface area contributed by atoms with E-state index in [1.807, 2.05) is 87.3 Å². The van der Waals surface area contributed by atoms with Gasteiger partial charge in [0, 0.05) is 55.8 Å². The molecule has 6 heterocycles. The first-order valence-electron chi connectivity index (χ1n) is 24.0. The summed E-state index contributed by atoms with van der Waals surface area (Å²) in [5.74, 6) is 7.79. The molecular weight excluding hydrogens is 897 g/mol. The number of carbonyl (C=O) groups is 4. The molecule has 19 heteroatoms. The van der Waals surface area contributed by atoms with Crippen LogP contribution in [0.4, 0.5) is 5.82 Å². The van der Waals surface area contributed by atoms with Crippen molar-refractivity contribution in [3.05, 3.63) is 107 Å². The van der Waals surface area contributed by atoms with E-state index in [-0.39, 0.29) is 42.3 Å². The average molecular weight is 955 g/mol. The molecule has 4 amide bonds. The number of hydrogen-bond donors (Lipinski definition) is 3. The van der Waals surface area contributed by atoms with Gasteiger partial charge >= 0.3 is 0 Å². The molecule has 2 fully saturated rings. The van der Waals surface area contributed by atoms with Crippen molar-refractivity contribution in [1.29, 1.82) is 0 Å². The molecule has 9 rings (SSSR count). The number of likely N-dealkylation sites (tertiary alicyclic amines) is 1. The molecule has 1 unspecified atom stereocenters. The molecule has 4 aliphatic heterocycles. The quantitative estimate of drug-likeness (QED) is 0.0734. The van der Waals surface area contributed by atoms with Gasteiger partial charge in [-0.1, -0.05) is 41.3 Å². The van der Waals surface area contributed by atoms with E-state index in [4.69, 9.17) is 34.5 Å². The predicted molar refractivity (Wildman–Crippen MR) is 256 cm³/mol. The molecule has 0 bridgehead atoms. The maximum absolute atomic E-state index is 13.5. The smallest absolute Gasteiger partial charge is 0.276 e. The molecule has 0 aliphatic carbocycles. The van der Waals surface area contributed by atoms with Crippen molar-refractivity contribution in [2.24, 2.45) is 11.7 Å². The summed E-state index contributed by atoms with van der Waals surface area (Å²) in [6.07, 6.45) is 5.13. The summed E-state index contributed by atoms with van der Waals surface area (Å²) in [7, 11) is 0. The van der Waals surface area contributed by atoms with Gasteiger partial charge in [0.1, 0.15) is 35.2 Å². The topological polar surface area (TPSA) is 220 Å². The molecule has 366 valence electrons. The number of para-hydroxylation sites is 1. The summed E-state index contributed by atoms with van der Waals surface area (Å²) in [6, 6.07) is 22.6. The van der Waals surface area contributed by atoms with E-state index in [2.05, 4.69) is 32.8 Å². The third-order valence-corrected chi connectivity index (χ3v) is 13.1. The number of nitrogens with zero attached hydrogens (tertiary/aromatic N) is 7. The lowest BCUT2D eigenvalue weighted by atomic mass is 9.86. The minimum atomic E-state index is -0.545. The Labute approximate surface area is 405 Å². The lowest BCUT2D eigenvalue weighted by Gasteiger charge is -2.38. The van der Waals surface area contributed by atoms with Crippen LogP contribution in [0.5, 0.6) is 11.5 Å². The molecular formula is C51H58N10O9. The van der Waals surface area contributed by atoms with Gasteiger partial charge in [0.2, 0.25) is 5.91 Å². The molecule has 2 atom stereocenters. The Morgan fingerprint density at radius 3 is 2.26 bits per heavy atom. The number of amides is 4. The number of rotatable bonds is 20. The van der Waals surface area contributed by atoms with Crippen LogP contribution in [0.1, 0.15) is 80.5 Å². The van der Waals surface area contributed by atoms with Crippen LogP contribution >= 0.6 is 0 Å². The van der Waals surface area contributed by atoms with Crippen LogP contribution in [0.3, 0.4) is 0 Å². The summed E-state index contributed by atoms with van der Waals surface area (Å²) < 4.78 is 32.1. The van der Waals surface area contributed by atoms with Gasteiger partial charge in [0.25, 0.3) is 17.7 Å². The van der Waals surface area contributed by atoms with Gasteiger partial charge in [-0.15, -0.1) is 5.10 Å². The second-order valence-electron chi connectivity index (χ2n) is 17.6. The number of carbonyl (C=O) groups excluding carboxylic acids is 4. The number of hydrogen-bond acceptors (Lipinski definition) is 13. The van der Waals surface area contributed by atoms with Crippen molar-refractivity contribution in [2.45, 2.75) is 57.3 Å². The second-order valence-corrected chi connectivity index (χ2v) is 17.6. The molecule has 4 N–H and O–H groups in total. The third kappa shape index (κ3) is 11.5. The number of primary amides is 1. The Kier molecular flexibility index (Phi) is 15.7. The van der Waals surface area contributed by atoms with Crippen molar-refractivity contribution in [3.8, 4) is 34.6 Å². The Hall–Kier alpha value is -7.11. The number of benzene rings is 3. The van der Waals surface area contributed by atoms with Gasteiger partial charge in [-0.25, -0.2) is 9.36 Å². The molecule has 0 spiro atoms. The highest BCUT2D eigenvalue weighted by molar-refractivity contribution is 6.04. The van der Waals surface area contributed by atoms with Crippen molar-refractivity contribution >= 4 is 29.4 Å². The number of ether oxygens (including phenoxy) is 5. The standard InChI is InChI=1S/C51H58N10O9/c52-48(63)46-47(37-11-14-40(15-12-37)70-39-8-2-1-3-9-39)56-61-44(17-20-53-49(46)61)36-18-21-58(22-19-36)51(65)43-34-59(57-55-43)23-25-67-27-29-69-31-30-68-28-26-66-24-5-7-35-6-4-10-41-42(35)33-60(50(41)64)38-13-16-45(62)54-32-38/h1-4,6,8-12,14-15,34,36,38,44,53H,13,16-33H2,(H2,52,63)(H,54,62)/t38?,44-/m0/s1. The largest absolute Gasteiger partial charge is 0.457 e. The molecule has 19 nitrogen and oxygen atoms in total. The number of fused-ring (bicyclic) bond motifs is 2. The molecule has 2 aromatic heterocycles. The minimum Gasteiger partial charge on any atom is -0.457 e. The molecule has 70 heavy (non-hydrogen) atoms. The number of nitrogens with two attached hydrogens (primary N) is 1. The first-order valence-corrected chi connectivity index (χ1v) is 24.0. The Morgan fingerprint density at radius 2 is 1.53 bits per heavy atom. The zero-order chi connectivity index (χ0) is 48.2. The van der Waals surface area contributed by atoms with E-state index in [1.165, 1.54) is 0 Å². The van der Waals surface area contributed by atoms with E-state index in [1.54, 1.807) is 10.9 Å². The van der Waals surface area contributed by atoms with Crippen LogP contribution in [-0.4, -0.2) is 143 Å². The van der Waals surface area contributed by atoms with Crippen molar-refractivity contribution in [2.75, 3.05) is 84.4 Å². The Morgan fingerprint density at radius 1 is 0.800 bits per heavy atom. The van der Waals surface area contributed by atoms with Crippen LogP contribution < -0.4 is 21.1 Å². The Bertz CT molecular complexity index is 2680. The number of nitrogens with one attached hydrogen (secondary N) is 2. The predicted octanol–water partition coefficient (Wildman–Crippen LogP) is 4.29. The fourth-order valence-corrected chi connectivity index (χ4v) is 9.46. The summed E-state index contributed by atoms with van der Waals surface area (Å²) in [5, 5.41) is 19.5. The van der Waals surface area contributed by atoms with Crippen LogP contribution in [0.25, 0.3) is 11.3 Å². The van der Waals surface area contributed by atoms with Gasteiger partial charge in [0.15, 0.2) is 5.69 Å². The van der Waals surface area contributed by atoms with Crippen LogP contribution in [0.2, 0.25) is 0 Å². The summed E-state index contributed by atoms with van der Waals surface area (Å²) in [6.45, 7) is 6.27. The maximum atomic E-state index is 13.5. The normalized spacial score (nSPS) is 17.8. The van der Waals surface area contributed by atoms with Crippen LogP contribution in [0.15, 0.2) is 79.0 Å². The third-order valence-electron chi connectivity index (χ3n) is 13.1. The summed E-state index contributed by atoms with van der Waals surface area (Å²) in [4.78, 5) is 54.6. The van der Waals surface area contributed by atoms with Crippen molar-refractivity contribution < 1.29 is 42.9 Å². The highest BCUT2D eigenvalue weighted by Crippen LogP contribution is 2.40. The molecule has 0 saturated carbocycles. The van der Waals surface area contributed by atoms with E-state index in [0.717, 1.165) is 41.7 Å². The van der Waals surface area contributed by atoms with Gasteiger partial charge < -0.3 is 49.9 Å². The first-order chi connectivity index (χ1) is 34.3. The van der Waals surface area contributed by atoms with Gasteiger partial charge in [-0.3, -0.25) is 19.2 Å². The Balaban J connectivity index is 0.631. The zero-order valence-electron chi connectivity index (χ0n) is 39.1. The maximum Gasteiger partial charge on any atom is 0.276 e. The summed E-state index contributed by atoms with van der Waals surface area (Å²) in [5.41, 5.74) is 10.3. The van der Waals surface area contributed by atoms with Gasteiger partial charge in [-0.05, 0) is 85.7 Å². The van der Waals surface area contributed by atoms with Crippen LogP contribution in [0, 0.1) is 17.8 Å². The van der Waals surface area contributed by atoms with E-state index < -0.39 is 5.91 Å². The van der Waals surface area contributed by atoms with Crippen molar-refractivity contribution in [3.63, 3.8) is 0 Å². The fraction of sp³-hybridized carbons (Fsp3) is 0.431. The molecule has 3 aromatic carbocycles. The molecule has 2 saturated heterocycles. The lowest BCUT2D eigenvalue weighted by Crippen LogP contribution is -2.48. The van der Waals surface area contributed by atoms with E-state index >= 15 is 0 Å². The number of anilines is 1. The monoisotopic (exact) mass is 954 g/mol. The zero-order valence-corrected chi connectivity index (χ0v) is 39.1. The SMILES string of the molecule is NC(=O)c1c(-c2ccc(Oc3ccccc3)cc2)nn2c1NCC[C@H]2C1CCN(C(=O)c2cn(CCOCCOCCOCCOCC#Cc3cccc4c3CN(C3CCC(=O)NC3)C4=O)nn2)CC1. The highest BCUT2D eigenvalue weighted by Gasteiger charge is 2.37. The lowest BCUT2D eigenvalue weighted by molar-refractivity contribution is -0.123. The van der Waals surface area contributed by atoms with E-state index in [9.17, 15) is 19.2 Å².